The summed E-state index contributed by atoms with van der Waals surface area (Å²) in [6.45, 7) is 0. The summed E-state index contributed by atoms with van der Waals surface area (Å²) in [5.74, 6) is 0. The molecule has 0 radical (unpaired) electrons. The summed E-state index contributed by atoms with van der Waals surface area (Å²) < 4.78 is 2.39. The number of hydrogen-bond acceptors (Lipinski definition) is 2. The maximum absolute atomic E-state index is 3.89. The molecule has 0 spiro atoms. The Hall–Kier alpha value is -8.14. The van der Waals surface area contributed by atoms with Gasteiger partial charge in [-0.25, -0.2) is 0 Å². The van der Waals surface area contributed by atoms with Gasteiger partial charge in [-0.1, -0.05) is 164 Å². The molecule has 0 saturated heterocycles. The van der Waals surface area contributed by atoms with Gasteiger partial charge in [0, 0.05) is 55.7 Å². The zero-order chi connectivity index (χ0) is 40.5. The smallest absolute Gasteiger partial charge is 0.0541 e. The quantitative estimate of drug-likeness (QED) is 0.153. The third-order valence-electron chi connectivity index (χ3n) is 11.8. The van der Waals surface area contributed by atoms with Gasteiger partial charge in [0.25, 0.3) is 0 Å². The van der Waals surface area contributed by atoms with E-state index in [-0.39, 0.29) is 0 Å². The second-order valence-electron chi connectivity index (χ2n) is 15.5. The van der Waals surface area contributed by atoms with Crippen LogP contribution in [-0.2, 0) is 0 Å². The van der Waals surface area contributed by atoms with Crippen LogP contribution in [0.3, 0.4) is 0 Å². The average molecular weight is 780 g/mol. The molecule has 2 N–H and O–H groups in total. The Morgan fingerprint density at radius 3 is 1.54 bits per heavy atom. The predicted molar refractivity (Wildman–Crippen MR) is 259 cm³/mol. The molecule has 3 heteroatoms. The molecule has 288 valence electrons. The van der Waals surface area contributed by atoms with Gasteiger partial charge in [-0.3, -0.25) is 0 Å². The minimum Gasteiger partial charge on any atom is -0.355 e. The topological polar surface area (TPSA) is 29.0 Å². The lowest BCUT2D eigenvalue weighted by atomic mass is 9.93. The third kappa shape index (κ3) is 6.88. The molecule has 0 atom stereocenters. The van der Waals surface area contributed by atoms with Gasteiger partial charge >= 0.3 is 0 Å². The first kappa shape index (κ1) is 36.0. The largest absolute Gasteiger partial charge is 0.355 e. The fourth-order valence-electron chi connectivity index (χ4n) is 8.77. The fourth-order valence-corrected chi connectivity index (χ4v) is 8.77. The Bertz CT molecular complexity index is 3330. The van der Waals surface area contributed by atoms with Gasteiger partial charge < -0.3 is 15.2 Å². The number of aromatic nitrogens is 1. The van der Waals surface area contributed by atoms with Crippen LogP contribution in [0.2, 0.25) is 0 Å². The maximum atomic E-state index is 3.89. The van der Waals surface area contributed by atoms with Crippen LogP contribution in [-0.4, -0.2) is 4.57 Å². The first-order chi connectivity index (χ1) is 30.2. The summed E-state index contributed by atoms with van der Waals surface area (Å²) in [4.78, 5) is 0. The van der Waals surface area contributed by atoms with E-state index < -0.39 is 0 Å². The summed E-state index contributed by atoms with van der Waals surface area (Å²) in [7, 11) is 0. The molecule has 11 rings (SSSR count). The second kappa shape index (κ2) is 15.6. The number of para-hydroxylation sites is 2. The number of fused-ring (bicyclic) bond motifs is 4. The van der Waals surface area contributed by atoms with E-state index >= 15 is 0 Å². The number of hydrogen-bond donors (Lipinski definition) is 2. The van der Waals surface area contributed by atoms with Crippen LogP contribution in [0.5, 0.6) is 0 Å². The first-order valence-corrected chi connectivity index (χ1v) is 20.8. The Morgan fingerprint density at radius 2 is 0.803 bits per heavy atom. The van der Waals surface area contributed by atoms with Crippen molar-refractivity contribution in [3.8, 4) is 50.2 Å². The van der Waals surface area contributed by atoms with Crippen molar-refractivity contribution in [1.29, 1.82) is 0 Å². The molecule has 0 aliphatic rings. The van der Waals surface area contributed by atoms with Crippen LogP contribution in [0.25, 0.3) is 82.8 Å². The molecular weight excluding hydrogens is 739 g/mol. The molecule has 3 nitrogen and oxygen atoms in total. The normalized spacial score (nSPS) is 11.3. The Kier molecular flexibility index (Phi) is 9.18. The van der Waals surface area contributed by atoms with Gasteiger partial charge in [-0.05, 0) is 112 Å². The van der Waals surface area contributed by atoms with Crippen molar-refractivity contribution in [1.82, 2.24) is 4.57 Å². The second-order valence-corrected chi connectivity index (χ2v) is 15.5. The van der Waals surface area contributed by atoms with Crippen molar-refractivity contribution in [2.75, 3.05) is 10.6 Å². The fraction of sp³-hybridized carbons (Fsp3) is 0. The third-order valence-corrected chi connectivity index (χ3v) is 11.8. The SMILES string of the molecule is c1ccc(Nc2ccc(-c3ccc(Nc4cccc5ccccc45)c(-c4ccc5c(c4)c4ccccc4n5-c4ccc(-c5ccccc5)cc4)c3)cc2-c2ccccc2)cc1. The van der Waals surface area contributed by atoms with E-state index in [1.54, 1.807) is 0 Å². The zero-order valence-electron chi connectivity index (χ0n) is 33.5. The molecule has 0 aliphatic heterocycles. The van der Waals surface area contributed by atoms with Gasteiger partial charge in [-0.2, -0.15) is 0 Å². The molecular formula is C58H41N3. The lowest BCUT2D eigenvalue weighted by Gasteiger charge is -2.18. The molecule has 10 aromatic carbocycles. The van der Waals surface area contributed by atoms with E-state index in [0.717, 1.165) is 61.8 Å². The standard InChI is InChI=1S/C58H41N3/c1-4-15-40(16-5-1)41-27-32-48(33-28-41)61-57-26-13-12-24-50(57)53-39-46(31-36-58(53)61)52-38-45(30-35-56(52)60-54-25-14-20-42-19-10-11-23-49(42)54)44-29-34-55(59-47-21-8-3-9-22-47)51(37-44)43-17-6-2-7-18-43/h1-39,59-60H. The summed E-state index contributed by atoms with van der Waals surface area (Å²) >= 11 is 0. The Morgan fingerprint density at radius 1 is 0.279 bits per heavy atom. The molecule has 11 aromatic rings. The number of nitrogens with one attached hydrogen (secondary N) is 2. The van der Waals surface area contributed by atoms with Crippen LogP contribution in [0.1, 0.15) is 0 Å². The Balaban J connectivity index is 1.06. The lowest BCUT2D eigenvalue weighted by Crippen LogP contribution is -1.97. The zero-order valence-corrected chi connectivity index (χ0v) is 33.5. The van der Waals surface area contributed by atoms with Crippen molar-refractivity contribution in [2.45, 2.75) is 0 Å². The molecule has 61 heavy (non-hydrogen) atoms. The van der Waals surface area contributed by atoms with Crippen molar-refractivity contribution in [3.05, 3.63) is 237 Å². The van der Waals surface area contributed by atoms with Crippen LogP contribution in [0.4, 0.5) is 22.7 Å². The van der Waals surface area contributed by atoms with Gasteiger partial charge in [0.15, 0.2) is 0 Å². The van der Waals surface area contributed by atoms with Crippen LogP contribution in [0, 0.1) is 0 Å². The summed E-state index contributed by atoms with van der Waals surface area (Å²) in [6, 6.07) is 84.9. The highest BCUT2D eigenvalue weighted by atomic mass is 15.0. The monoisotopic (exact) mass is 779 g/mol. The minimum atomic E-state index is 1.05. The maximum Gasteiger partial charge on any atom is 0.0541 e. The van der Waals surface area contributed by atoms with E-state index in [2.05, 4.69) is 246 Å². The predicted octanol–water partition coefficient (Wildman–Crippen LogP) is 16.1. The molecule has 0 fully saturated rings. The summed E-state index contributed by atoms with van der Waals surface area (Å²) in [5.41, 5.74) is 17.0. The highest BCUT2D eigenvalue weighted by molar-refractivity contribution is 6.11. The number of anilines is 4. The van der Waals surface area contributed by atoms with E-state index in [4.69, 9.17) is 0 Å². The number of benzene rings is 10. The first-order valence-electron chi connectivity index (χ1n) is 20.8. The van der Waals surface area contributed by atoms with E-state index in [0.29, 0.717) is 0 Å². The van der Waals surface area contributed by atoms with Gasteiger partial charge in [0.05, 0.1) is 11.0 Å². The highest BCUT2D eigenvalue weighted by Crippen LogP contribution is 2.42. The number of nitrogens with zero attached hydrogens (tertiary/aromatic N) is 1. The molecule has 0 aliphatic carbocycles. The van der Waals surface area contributed by atoms with E-state index in [1.165, 1.54) is 43.7 Å². The molecule has 0 bridgehead atoms. The van der Waals surface area contributed by atoms with Crippen molar-refractivity contribution in [3.63, 3.8) is 0 Å². The number of rotatable bonds is 9. The molecule has 0 unspecified atom stereocenters. The molecule has 1 heterocycles. The van der Waals surface area contributed by atoms with Gasteiger partial charge in [-0.15, -0.1) is 0 Å². The van der Waals surface area contributed by atoms with Gasteiger partial charge in [0.2, 0.25) is 0 Å². The van der Waals surface area contributed by atoms with E-state index in [1.807, 2.05) is 6.07 Å². The van der Waals surface area contributed by atoms with E-state index in [9.17, 15) is 0 Å². The summed E-state index contributed by atoms with van der Waals surface area (Å²) in [5, 5.41) is 12.4. The highest BCUT2D eigenvalue weighted by Gasteiger charge is 2.17. The summed E-state index contributed by atoms with van der Waals surface area (Å²) in [6.07, 6.45) is 0. The van der Waals surface area contributed by atoms with Gasteiger partial charge in [0.1, 0.15) is 0 Å². The van der Waals surface area contributed by atoms with Crippen molar-refractivity contribution in [2.24, 2.45) is 0 Å². The van der Waals surface area contributed by atoms with Crippen LogP contribution >= 0.6 is 0 Å². The average Bonchev–Trinajstić information content (AvgIpc) is 3.66. The Labute approximate surface area is 355 Å². The van der Waals surface area contributed by atoms with Crippen LogP contribution < -0.4 is 10.6 Å². The van der Waals surface area contributed by atoms with Crippen molar-refractivity contribution < 1.29 is 0 Å². The van der Waals surface area contributed by atoms with Crippen LogP contribution in [0.15, 0.2) is 237 Å². The lowest BCUT2D eigenvalue weighted by molar-refractivity contribution is 1.18. The molecule has 1 aromatic heterocycles. The molecule has 0 saturated carbocycles. The molecule has 0 amide bonds. The minimum absolute atomic E-state index is 1.05. The van der Waals surface area contributed by atoms with Crippen molar-refractivity contribution >= 4 is 55.3 Å².